The van der Waals surface area contributed by atoms with Gasteiger partial charge in [-0.3, -0.25) is 4.79 Å². The molecule has 66 valence electrons. The minimum absolute atomic E-state index is 0.211. The number of nitrogens with zero attached hydrogens (tertiary/aromatic N) is 1. The van der Waals surface area contributed by atoms with Crippen LogP contribution in [0.4, 0.5) is 0 Å². The molecule has 2 aliphatic rings. The van der Waals surface area contributed by atoms with Crippen molar-refractivity contribution in [3.8, 4) is 0 Å². The van der Waals surface area contributed by atoms with Crippen LogP contribution in [0.2, 0.25) is 0 Å². The fourth-order valence-corrected chi connectivity index (χ4v) is 1.31. The highest BCUT2D eigenvalue weighted by molar-refractivity contribution is 6.03. The first-order valence-corrected chi connectivity index (χ1v) is 3.68. The maximum Gasteiger partial charge on any atom is 0.334 e. The smallest absolute Gasteiger partial charge is 0.334 e. The van der Waals surface area contributed by atoms with Gasteiger partial charge in [-0.2, -0.15) is 0 Å². The van der Waals surface area contributed by atoms with Gasteiger partial charge in [0.25, 0.3) is 5.91 Å². The van der Waals surface area contributed by atoms with Crippen LogP contribution in [0.5, 0.6) is 0 Å². The molecule has 0 saturated carbocycles. The largest absolute Gasteiger partial charge is 0.478 e. The maximum atomic E-state index is 10.8. The number of allylic oxidation sites excluding steroid dienone is 1. The summed E-state index contributed by atoms with van der Waals surface area (Å²) in [5, 5.41) is 11.5. The number of rotatable bonds is 1. The molecule has 0 aromatic carbocycles. The van der Waals surface area contributed by atoms with Crippen molar-refractivity contribution in [2.45, 2.75) is 0 Å². The summed E-state index contributed by atoms with van der Waals surface area (Å²) in [6, 6.07) is 0. The number of aliphatic imine (C=N–C) groups is 1. The van der Waals surface area contributed by atoms with E-state index in [9.17, 15) is 9.59 Å². The predicted octanol–water partition coefficient (Wildman–Crippen LogP) is -0.331. The standard InChI is InChI=1S/C8H6N2O3/c11-7-1-6-4(2-10-7)5(3-9-6)8(12)13/h1-4,9H,(H,12,13). The van der Waals surface area contributed by atoms with Crippen molar-refractivity contribution < 1.29 is 14.7 Å². The first-order valence-electron chi connectivity index (χ1n) is 3.68. The van der Waals surface area contributed by atoms with Crippen LogP contribution in [0.3, 0.4) is 0 Å². The molecule has 0 aromatic heterocycles. The van der Waals surface area contributed by atoms with Crippen LogP contribution >= 0.6 is 0 Å². The maximum absolute atomic E-state index is 10.8. The van der Waals surface area contributed by atoms with Crippen molar-refractivity contribution in [1.29, 1.82) is 0 Å². The molecule has 2 heterocycles. The first-order chi connectivity index (χ1) is 6.18. The SMILES string of the molecule is O=C1C=C2NC=C(C(=O)O)C2C=N1. The van der Waals surface area contributed by atoms with E-state index < -0.39 is 11.9 Å². The van der Waals surface area contributed by atoms with E-state index in [4.69, 9.17) is 5.11 Å². The zero-order valence-corrected chi connectivity index (χ0v) is 6.52. The number of carbonyl (C=O) groups is 2. The van der Waals surface area contributed by atoms with Gasteiger partial charge in [-0.15, -0.1) is 0 Å². The molecule has 1 atom stereocenters. The Hall–Kier alpha value is -1.91. The third-order valence-electron chi connectivity index (χ3n) is 1.94. The van der Waals surface area contributed by atoms with E-state index in [0.717, 1.165) is 0 Å². The van der Waals surface area contributed by atoms with E-state index in [1.807, 2.05) is 0 Å². The van der Waals surface area contributed by atoms with Crippen LogP contribution in [0, 0.1) is 5.92 Å². The van der Waals surface area contributed by atoms with Crippen LogP contribution in [0.1, 0.15) is 0 Å². The molecule has 2 rings (SSSR count). The Bertz CT molecular complexity index is 379. The van der Waals surface area contributed by atoms with Gasteiger partial charge in [0.1, 0.15) is 0 Å². The number of hydrogen-bond donors (Lipinski definition) is 2. The first kappa shape index (κ1) is 7.72. The molecule has 0 saturated heterocycles. The molecule has 0 aromatic rings. The molecule has 2 N–H and O–H groups in total. The van der Waals surface area contributed by atoms with Crippen LogP contribution < -0.4 is 5.32 Å². The van der Waals surface area contributed by atoms with Crippen molar-refractivity contribution in [3.05, 3.63) is 23.5 Å². The summed E-state index contributed by atoms with van der Waals surface area (Å²) < 4.78 is 0. The molecule has 5 nitrogen and oxygen atoms in total. The van der Waals surface area contributed by atoms with Crippen LogP contribution in [0.25, 0.3) is 0 Å². The lowest BCUT2D eigenvalue weighted by molar-refractivity contribution is -0.132. The molecule has 0 aliphatic carbocycles. The molecule has 1 unspecified atom stereocenters. The van der Waals surface area contributed by atoms with Crippen molar-refractivity contribution in [3.63, 3.8) is 0 Å². The summed E-state index contributed by atoms with van der Waals surface area (Å²) in [6.07, 6.45) is 4.03. The monoisotopic (exact) mass is 178 g/mol. The molecule has 2 aliphatic heterocycles. The van der Waals surface area contributed by atoms with Gasteiger partial charge >= 0.3 is 5.97 Å². The third kappa shape index (κ3) is 1.14. The van der Waals surface area contributed by atoms with Crippen molar-refractivity contribution in [2.24, 2.45) is 10.9 Å². The Morgan fingerprint density at radius 3 is 3.08 bits per heavy atom. The fourth-order valence-electron chi connectivity index (χ4n) is 1.31. The van der Waals surface area contributed by atoms with Gasteiger partial charge < -0.3 is 10.4 Å². The summed E-state index contributed by atoms with van der Waals surface area (Å²) in [5.74, 6) is -1.75. The molecule has 13 heavy (non-hydrogen) atoms. The number of dihydropyridines is 1. The molecule has 0 fully saturated rings. The summed E-state index contributed by atoms with van der Waals surface area (Å²) in [4.78, 5) is 25.0. The highest BCUT2D eigenvalue weighted by Crippen LogP contribution is 2.24. The van der Waals surface area contributed by atoms with E-state index >= 15 is 0 Å². The Balaban J connectivity index is 2.34. The second kappa shape index (κ2) is 2.55. The summed E-state index contributed by atoms with van der Waals surface area (Å²) in [6.45, 7) is 0. The highest BCUT2D eigenvalue weighted by Gasteiger charge is 2.30. The number of hydrogen-bond acceptors (Lipinski definition) is 3. The number of carboxylic acid groups (broad SMARTS) is 1. The minimum atomic E-state index is -0.998. The quantitative estimate of drug-likeness (QED) is 0.576. The van der Waals surface area contributed by atoms with Gasteiger partial charge in [-0.1, -0.05) is 0 Å². The number of nitrogens with one attached hydrogen (secondary N) is 1. The van der Waals surface area contributed by atoms with E-state index in [0.29, 0.717) is 5.70 Å². The lowest BCUT2D eigenvalue weighted by Gasteiger charge is -2.10. The number of carboxylic acids is 1. The molecule has 0 bridgehead atoms. The lowest BCUT2D eigenvalue weighted by Crippen LogP contribution is -2.18. The zero-order valence-electron chi connectivity index (χ0n) is 6.52. The second-order valence-electron chi connectivity index (χ2n) is 2.74. The van der Waals surface area contributed by atoms with Gasteiger partial charge in [-0.25, -0.2) is 9.79 Å². The van der Waals surface area contributed by atoms with Crippen molar-refractivity contribution in [2.75, 3.05) is 0 Å². The van der Waals surface area contributed by atoms with E-state index in [-0.39, 0.29) is 11.5 Å². The number of carbonyl (C=O) groups excluding carboxylic acids is 1. The van der Waals surface area contributed by atoms with E-state index in [1.165, 1.54) is 18.5 Å². The van der Waals surface area contributed by atoms with E-state index in [1.54, 1.807) is 0 Å². The molecule has 0 radical (unpaired) electrons. The molecular formula is C8H6N2O3. The van der Waals surface area contributed by atoms with Crippen molar-refractivity contribution >= 4 is 18.1 Å². The summed E-state index contributed by atoms with van der Waals surface area (Å²) in [5.41, 5.74) is 0.792. The van der Waals surface area contributed by atoms with Gasteiger partial charge in [-0.05, 0) is 0 Å². The Labute approximate surface area is 73.5 Å². The van der Waals surface area contributed by atoms with E-state index in [2.05, 4.69) is 10.3 Å². The fraction of sp³-hybridized carbons (Fsp3) is 0.125. The minimum Gasteiger partial charge on any atom is -0.478 e. The molecular weight excluding hydrogens is 172 g/mol. The Morgan fingerprint density at radius 2 is 2.38 bits per heavy atom. The normalized spacial score (nSPS) is 24.6. The van der Waals surface area contributed by atoms with Crippen molar-refractivity contribution in [1.82, 2.24) is 5.32 Å². The summed E-state index contributed by atoms with van der Waals surface area (Å²) >= 11 is 0. The average molecular weight is 178 g/mol. The Morgan fingerprint density at radius 1 is 1.62 bits per heavy atom. The van der Waals surface area contributed by atoms with Crippen LogP contribution in [-0.2, 0) is 9.59 Å². The van der Waals surface area contributed by atoms with Crippen LogP contribution in [-0.4, -0.2) is 23.2 Å². The van der Waals surface area contributed by atoms with Crippen LogP contribution in [0.15, 0.2) is 28.5 Å². The number of fused-ring (bicyclic) bond motifs is 1. The molecule has 5 heteroatoms. The zero-order chi connectivity index (χ0) is 9.42. The predicted molar refractivity (Wildman–Crippen MR) is 43.9 cm³/mol. The molecule has 0 spiro atoms. The molecule has 1 amide bonds. The van der Waals surface area contributed by atoms with Gasteiger partial charge in [0.05, 0.1) is 11.5 Å². The topological polar surface area (TPSA) is 78.8 Å². The van der Waals surface area contributed by atoms with Gasteiger partial charge in [0.15, 0.2) is 0 Å². The van der Waals surface area contributed by atoms with Gasteiger partial charge in [0.2, 0.25) is 0 Å². The summed E-state index contributed by atoms with van der Waals surface area (Å²) in [7, 11) is 0. The Kier molecular flexibility index (Phi) is 1.51. The third-order valence-corrected chi connectivity index (χ3v) is 1.94. The van der Waals surface area contributed by atoms with Gasteiger partial charge in [0, 0.05) is 24.2 Å². The highest BCUT2D eigenvalue weighted by atomic mass is 16.4. The lowest BCUT2D eigenvalue weighted by atomic mass is 9.99. The average Bonchev–Trinajstić information content (AvgIpc) is 2.46. The number of amides is 1. The second-order valence-corrected chi connectivity index (χ2v) is 2.74. The number of aliphatic carboxylic acids is 1.